The molecule has 0 amide bonds. The summed E-state index contributed by atoms with van der Waals surface area (Å²) in [5.74, 6) is 0.828. The molecule has 0 aliphatic heterocycles. The van der Waals surface area contributed by atoms with Gasteiger partial charge in [-0.25, -0.2) is 9.97 Å². The molecule has 0 aromatic carbocycles. The van der Waals surface area contributed by atoms with Crippen LogP contribution in [0, 0.1) is 6.20 Å². The van der Waals surface area contributed by atoms with E-state index in [1.807, 2.05) is 0 Å². The van der Waals surface area contributed by atoms with E-state index in [0.29, 0.717) is 0 Å². The van der Waals surface area contributed by atoms with Crippen molar-refractivity contribution >= 4 is 11.0 Å². The third kappa shape index (κ3) is 1.15. The fourth-order valence-electron chi connectivity index (χ4n) is 1.06. The summed E-state index contributed by atoms with van der Waals surface area (Å²) in [6, 6.07) is 0. The van der Waals surface area contributed by atoms with Gasteiger partial charge in [-0.05, 0) is 6.42 Å². The van der Waals surface area contributed by atoms with Gasteiger partial charge in [-0.15, -0.1) is 0 Å². The minimum absolute atomic E-state index is 0.772. The standard InChI is InChI=1S/C8H9N4/c1-2-3-7-9-4-6-5-10-12-8(6)11-7/h5H,2-3H2,1H3,(H,9,10,11,12). The van der Waals surface area contributed by atoms with Gasteiger partial charge in [0.25, 0.3) is 0 Å². The van der Waals surface area contributed by atoms with Gasteiger partial charge in [0, 0.05) is 6.42 Å². The van der Waals surface area contributed by atoms with Crippen molar-refractivity contribution in [1.29, 1.82) is 0 Å². The second-order valence-corrected chi connectivity index (χ2v) is 2.63. The smallest absolute Gasteiger partial charge is 0.159 e. The first-order valence-electron chi connectivity index (χ1n) is 3.98. The molecule has 2 aromatic rings. The lowest BCUT2D eigenvalue weighted by Gasteiger charge is -1.94. The molecule has 12 heavy (non-hydrogen) atoms. The summed E-state index contributed by atoms with van der Waals surface area (Å²) in [4.78, 5) is 8.34. The summed E-state index contributed by atoms with van der Waals surface area (Å²) in [5, 5.41) is 7.47. The number of fused-ring (bicyclic) bond motifs is 1. The molecule has 0 saturated carbocycles. The van der Waals surface area contributed by atoms with Gasteiger partial charge < -0.3 is 0 Å². The van der Waals surface area contributed by atoms with Crippen molar-refractivity contribution in [3.8, 4) is 0 Å². The minimum Gasteiger partial charge on any atom is -0.261 e. The van der Waals surface area contributed by atoms with Crippen LogP contribution in [0.25, 0.3) is 11.0 Å². The highest BCUT2D eigenvalue weighted by Gasteiger charge is 1.99. The molecular formula is C8H9N4. The van der Waals surface area contributed by atoms with Crippen molar-refractivity contribution in [3.63, 3.8) is 0 Å². The van der Waals surface area contributed by atoms with Crippen LogP contribution >= 0.6 is 0 Å². The third-order valence-corrected chi connectivity index (χ3v) is 1.64. The fourth-order valence-corrected chi connectivity index (χ4v) is 1.06. The molecule has 0 aliphatic rings. The Labute approximate surface area is 70.0 Å². The molecule has 0 bridgehead atoms. The Balaban J connectivity index is 2.46. The van der Waals surface area contributed by atoms with E-state index < -0.39 is 0 Å². The molecule has 2 aromatic heterocycles. The normalized spacial score (nSPS) is 10.8. The van der Waals surface area contributed by atoms with Gasteiger partial charge in [-0.2, -0.15) is 5.10 Å². The molecule has 0 fully saturated rings. The van der Waals surface area contributed by atoms with Crippen LogP contribution < -0.4 is 0 Å². The van der Waals surface area contributed by atoms with Crippen molar-refractivity contribution < 1.29 is 0 Å². The van der Waals surface area contributed by atoms with E-state index in [2.05, 4.69) is 33.3 Å². The molecule has 0 aliphatic carbocycles. The van der Waals surface area contributed by atoms with Crippen molar-refractivity contribution in [2.75, 3.05) is 0 Å². The number of aromatic amines is 1. The van der Waals surface area contributed by atoms with Crippen LogP contribution in [0.4, 0.5) is 0 Å². The summed E-state index contributed by atoms with van der Waals surface area (Å²) in [6.45, 7) is 2.10. The van der Waals surface area contributed by atoms with Gasteiger partial charge in [0.05, 0.1) is 11.6 Å². The molecule has 2 rings (SSSR count). The number of nitrogens with one attached hydrogen (secondary N) is 1. The molecule has 61 valence electrons. The highest BCUT2D eigenvalue weighted by Crippen LogP contribution is 2.05. The first-order valence-corrected chi connectivity index (χ1v) is 3.98. The molecule has 4 heteroatoms. The first-order chi connectivity index (χ1) is 5.90. The fraction of sp³-hybridized carbons (Fsp3) is 0.375. The van der Waals surface area contributed by atoms with E-state index in [-0.39, 0.29) is 0 Å². The Hall–Kier alpha value is -1.45. The first kappa shape index (κ1) is 7.21. The molecule has 2 heterocycles. The molecule has 0 spiro atoms. The molecule has 1 N–H and O–H groups in total. The average molecular weight is 161 g/mol. The molecule has 0 saturated heterocycles. The summed E-state index contributed by atoms with van der Waals surface area (Å²) in [6.07, 6.45) is 6.49. The van der Waals surface area contributed by atoms with Crippen molar-refractivity contribution in [1.82, 2.24) is 20.2 Å². The van der Waals surface area contributed by atoms with Gasteiger partial charge in [0.15, 0.2) is 5.65 Å². The predicted molar refractivity (Wildman–Crippen MR) is 44.5 cm³/mol. The van der Waals surface area contributed by atoms with Crippen LogP contribution in [0.1, 0.15) is 19.2 Å². The van der Waals surface area contributed by atoms with E-state index in [1.165, 1.54) is 0 Å². The summed E-state index contributed by atoms with van der Waals surface area (Å²) >= 11 is 0. The van der Waals surface area contributed by atoms with E-state index in [0.717, 1.165) is 29.7 Å². The summed E-state index contributed by atoms with van der Waals surface area (Å²) in [7, 11) is 0. The van der Waals surface area contributed by atoms with Crippen molar-refractivity contribution in [3.05, 3.63) is 18.2 Å². The topological polar surface area (TPSA) is 54.5 Å². The highest BCUT2D eigenvalue weighted by molar-refractivity contribution is 5.71. The lowest BCUT2D eigenvalue weighted by Crippen LogP contribution is -1.93. The monoisotopic (exact) mass is 161 g/mol. The van der Waals surface area contributed by atoms with Crippen LogP contribution in [0.3, 0.4) is 0 Å². The molecular weight excluding hydrogens is 152 g/mol. The van der Waals surface area contributed by atoms with Gasteiger partial charge in [-0.3, -0.25) is 5.10 Å². The number of H-pyrrole nitrogens is 1. The zero-order chi connectivity index (χ0) is 8.39. The van der Waals surface area contributed by atoms with Gasteiger partial charge in [0.1, 0.15) is 12.0 Å². The predicted octanol–water partition coefficient (Wildman–Crippen LogP) is 1.11. The summed E-state index contributed by atoms with van der Waals surface area (Å²) < 4.78 is 0. The van der Waals surface area contributed by atoms with Crippen LogP contribution in [-0.2, 0) is 6.42 Å². The Bertz CT molecular complexity index is 379. The second kappa shape index (κ2) is 2.89. The van der Waals surface area contributed by atoms with Crippen LogP contribution in [0.2, 0.25) is 0 Å². The number of aryl methyl sites for hydroxylation is 1. The van der Waals surface area contributed by atoms with Crippen LogP contribution in [-0.4, -0.2) is 20.2 Å². The minimum atomic E-state index is 0.772. The zero-order valence-corrected chi connectivity index (χ0v) is 6.83. The maximum absolute atomic E-state index is 4.26. The lowest BCUT2D eigenvalue weighted by atomic mass is 10.3. The number of rotatable bonds is 2. The Kier molecular flexibility index (Phi) is 1.74. The lowest BCUT2D eigenvalue weighted by molar-refractivity contribution is 0.840. The SMILES string of the molecule is CCCc1n[c]c2cn[nH]c2n1. The Morgan fingerprint density at radius 1 is 1.58 bits per heavy atom. The quantitative estimate of drug-likeness (QED) is 0.717. The Morgan fingerprint density at radius 3 is 3.33 bits per heavy atom. The van der Waals surface area contributed by atoms with Crippen LogP contribution in [0.15, 0.2) is 6.20 Å². The van der Waals surface area contributed by atoms with E-state index in [9.17, 15) is 0 Å². The van der Waals surface area contributed by atoms with Crippen LogP contribution in [0.5, 0.6) is 0 Å². The van der Waals surface area contributed by atoms with Crippen molar-refractivity contribution in [2.45, 2.75) is 19.8 Å². The van der Waals surface area contributed by atoms with Gasteiger partial charge in [-0.1, -0.05) is 6.92 Å². The summed E-state index contributed by atoms with van der Waals surface area (Å²) in [5.41, 5.74) is 0.772. The molecule has 1 radical (unpaired) electrons. The van der Waals surface area contributed by atoms with Gasteiger partial charge in [0.2, 0.25) is 0 Å². The Morgan fingerprint density at radius 2 is 2.50 bits per heavy atom. The maximum Gasteiger partial charge on any atom is 0.159 e. The molecule has 4 nitrogen and oxygen atoms in total. The zero-order valence-electron chi connectivity index (χ0n) is 6.83. The third-order valence-electron chi connectivity index (χ3n) is 1.64. The largest absolute Gasteiger partial charge is 0.261 e. The number of aromatic nitrogens is 4. The maximum atomic E-state index is 4.26. The van der Waals surface area contributed by atoms with E-state index in [4.69, 9.17) is 0 Å². The number of hydrogen-bond donors (Lipinski definition) is 1. The van der Waals surface area contributed by atoms with E-state index >= 15 is 0 Å². The molecule has 0 unspecified atom stereocenters. The van der Waals surface area contributed by atoms with E-state index in [1.54, 1.807) is 6.20 Å². The highest BCUT2D eigenvalue weighted by atomic mass is 15.1. The number of hydrogen-bond acceptors (Lipinski definition) is 3. The van der Waals surface area contributed by atoms with Gasteiger partial charge >= 0.3 is 0 Å². The molecule has 0 atom stereocenters. The number of nitrogens with zero attached hydrogens (tertiary/aromatic N) is 3. The van der Waals surface area contributed by atoms with Crippen molar-refractivity contribution in [2.24, 2.45) is 0 Å². The average Bonchev–Trinajstić information content (AvgIpc) is 2.51. The second-order valence-electron chi connectivity index (χ2n) is 2.63.